The maximum Gasteiger partial charge on any atom is 0.237 e. The highest BCUT2D eigenvalue weighted by Crippen LogP contribution is 2.30. The molecule has 0 aromatic carbocycles. The van der Waals surface area contributed by atoms with E-state index in [4.69, 9.17) is 0 Å². The van der Waals surface area contributed by atoms with Crippen LogP contribution in [0, 0.1) is 0 Å². The van der Waals surface area contributed by atoms with Crippen molar-refractivity contribution in [1.29, 1.82) is 0 Å². The molecule has 0 spiro atoms. The minimum atomic E-state index is -0.578. The van der Waals surface area contributed by atoms with E-state index in [1.54, 1.807) is 0 Å². The summed E-state index contributed by atoms with van der Waals surface area (Å²) in [5.74, 6) is 0.0696. The minimum Gasteiger partial charge on any atom is -0.389 e. The summed E-state index contributed by atoms with van der Waals surface area (Å²) >= 11 is 0. The summed E-state index contributed by atoms with van der Waals surface area (Å²) in [6.45, 7) is 5.42. The molecule has 1 atom stereocenters. The lowest BCUT2D eigenvalue weighted by Gasteiger charge is -2.31. The number of rotatable bonds is 8. The lowest BCUT2D eigenvalue weighted by atomic mass is 10.0. The summed E-state index contributed by atoms with van der Waals surface area (Å²) in [4.78, 5) is 14.0. The first-order valence-corrected chi connectivity index (χ1v) is 7.69. The van der Waals surface area contributed by atoms with Crippen LogP contribution in [0.5, 0.6) is 0 Å². The first-order chi connectivity index (χ1) is 8.98. The predicted molar refractivity (Wildman–Crippen MR) is 78.0 cm³/mol. The summed E-state index contributed by atoms with van der Waals surface area (Å²) in [5.41, 5.74) is -0.578. The van der Waals surface area contributed by atoms with Gasteiger partial charge in [0.15, 0.2) is 0 Å². The number of nitrogens with one attached hydrogen (secondary N) is 1. The van der Waals surface area contributed by atoms with Gasteiger partial charge in [-0.2, -0.15) is 0 Å². The monoisotopic (exact) mass is 270 g/mol. The van der Waals surface area contributed by atoms with Crippen molar-refractivity contribution in [2.45, 2.75) is 70.4 Å². The number of aliphatic hydroxyl groups is 1. The van der Waals surface area contributed by atoms with Gasteiger partial charge in [0.05, 0.1) is 11.6 Å². The zero-order chi connectivity index (χ0) is 14.3. The van der Waals surface area contributed by atoms with Crippen molar-refractivity contribution in [3.8, 4) is 0 Å². The van der Waals surface area contributed by atoms with Crippen molar-refractivity contribution in [2.75, 3.05) is 20.1 Å². The molecule has 0 aliphatic heterocycles. The Balaban J connectivity index is 2.30. The molecule has 112 valence electrons. The second kappa shape index (κ2) is 7.85. The van der Waals surface area contributed by atoms with Gasteiger partial charge in [0.25, 0.3) is 0 Å². The Morgan fingerprint density at radius 2 is 2.00 bits per heavy atom. The maximum absolute atomic E-state index is 12.0. The number of carbonyl (C=O) groups is 1. The zero-order valence-corrected chi connectivity index (χ0v) is 12.7. The van der Waals surface area contributed by atoms with Gasteiger partial charge in [-0.1, -0.05) is 32.6 Å². The standard InChI is InChI=1S/C15H30N2O2/c1-4-5-8-11-16-14(18)13(2)17(3)12-15(19)9-6-7-10-15/h13,19H,4-12H2,1-3H3,(H,16,18). The fraction of sp³-hybridized carbons (Fsp3) is 0.933. The second-order valence-corrected chi connectivity index (χ2v) is 6.02. The fourth-order valence-corrected chi connectivity index (χ4v) is 2.73. The molecule has 0 radical (unpaired) electrons. The van der Waals surface area contributed by atoms with Gasteiger partial charge >= 0.3 is 0 Å². The number of nitrogens with zero attached hydrogens (tertiary/aromatic N) is 1. The van der Waals surface area contributed by atoms with Gasteiger partial charge in [-0.25, -0.2) is 0 Å². The highest BCUT2D eigenvalue weighted by molar-refractivity contribution is 5.81. The third-order valence-electron chi connectivity index (χ3n) is 4.20. The van der Waals surface area contributed by atoms with E-state index in [0.29, 0.717) is 6.54 Å². The van der Waals surface area contributed by atoms with Gasteiger partial charge in [-0.15, -0.1) is 0 Å². The van der Waals surface area contributed by atoms with Crippen molar-refractivity contribution in [1.82, 2.24) is 10.2 Å². The SMILES string of the molecule is CCCCCNC(=O)C(C)N(C)CC1(O)CCCC1. The molecule has 0 bridgehead atoms. The van der Waals surface area contributed by atoms with E-state index in [-0.39, 0.29) is 11.9 Å². The third-order valence-corrected chi connectivity index (χ3v) is 4.20. The molecule has 1 aliphatic rings. The van der Waals surface area contributed by atoms with Gasteiger partial charge in [-0.05, 0) is 33.2 Å². The molecule has 19 heavy (non-hydrogen) atoms. The van der Waals surface area contributed by atoms with E-state index in [1.807, 2.05) is 18.9 Å². The van der Waals surface area contributed by atoms with E-state index < -0.39 is 5.60 Å². The summed E-state index contributed by atoms with van der Waals surface area (Å²) in [6, 6.07) is -0.175. The van der Waals surface area contributed by atoms with Crippen LogP contribution < -0.4 is 5.32 Å². The lowest BCUT2D eigenvalue weighted by molar-refractivity contribution is -0.126. The molecule has 0 aromatic heterocycles. The van der Waals surface area contributed by atoms with E-state index in [0.717, 1.165) is 45.1 Å². The van der Waals surface area contributed by atoms with Crippen molar-refractivity contribution in [3.05, 3.63) is 0 Å². The Bertz CT molecular complexity index is 275. The molecule has 4 heteroatoms. The molecule has 2 N–H and O–H groups in total. The van der Waals surface area contributed by atoms with Crippen LogP contribution in [0.3, 0.4) is 0 Å². The van der Waals surface area contributed by atoms with Crippen LogP contribution >= 0.6 is 0 Å². The molecule has 1 fully saturated rings. The molecular weight excluding hydrogens is 240 g/mol. The van der Waals surface area contributed by atoms with Crippen LogP contribution in [0.4, 0.5) is 0 Å². The van der Waals surface area contributed by atoms with Crippen LogP contribution in [0.2, 0.25) is 0 Å². The van der Waals surface area contributed by atoms with Crippen molar-refractivity contribution < 1.29 is 9.90 Å². The largest absolute Gasteiger partial charge is 0.389 e. The molecule has 1 aliphatic carbocycles. The van der Waals surface area contributed by atoms with E-state index in [9.17, 15) is 9.90 Å². The summed E-state index contributed by atoms with van der Waals surface area (Å²) in [6.07, 6.45) is 7.29. The van der Waals surface area contributed by atoms with Crippen molar-refractivity contribution >= 4 is 5.91 Å². The normalized spacial score (nSPS) is 19.6. The van der Waals surface area contributed by atoms with Crippen LogP contribution in [0.1, 0.15) is 58.8 Å². The Morgan fingerprint density at radius 3 is 2.58 bits per heavy atom. The first kappa shape index (κ1) is 16.4. The molecule has 4 nitrogen and oxygen atoms in total. The number of unbranched alkanes of at least 4 members (excludes halogenated alkanes) is 2. The minimum absolute atomic E-state index is 0.0696. The maximum atomic E-state index is 12.0. The average Bonchev–Trinajstić information content (AvgIpc) is 2.79. The molecule has 1 rings (SSSR count). The van der Waals surface area contributed by atoms with Gasteiger partial charge in [0.1, 0.15) is 0 Å². The van der Waals surface area contributed by atoms with Crippen LogP contribution in [-0.2, 0) is 4.79 Å². The smallest absolute Gasteiger partial charge is 0.237 e. The highest BCUT2D eigenvalue weighted by atomic mass is 16.3. The number of amides is 1. The Hall–Kier alpha value is -0.610. The van der Waals surface area contributed by atoms with Gasteiger partial charge in [-0.3, -0.25) is 9.69 Å². The summed E-state index contributed by atoms with van der Waals surface area (Å²) in [7, 11) is 1.92. The van der Waals surface area contributed by atoms with Gasteiger partial charge < -0.3 is 10.4 Å². The van der Waals surface area contributed by atoms with Crippen molar-refractivity contribution in [3.63, 3.8) is 0 Å². The van der Waals surface area contributed by atoms with Gasteiger partial charge in [0, 0.05) is 13.1 Å². The van der Waals surface area contributed by atoms with Crippen LogP contribution in [0.25, 0.3) is 0 Å². The molecular formula is C15H30N2O2. The predicted octanol–water partition coefficient (Wildman–Crippen LogP) is 1.92. The third kappa shape index (κ3) is 5.49. The molecule has 0 aromatic rings. The highest BCUT2D eigenvalue weighted by Gasteiger charge is 2.34. The Morgan fingerprint density at radius 1 is 1.37 bits per heavy atom. The fourth-order valence-electron chi connectivity index (χ4n) is 2.73. The number of likely N-dealkylation sites (N-methyl/N-ethyl adjacent to an activating group) is 1. The number of hydrogen-bond acceptors (Lipinski definition) is 3. The average molecular weight is 270 g/mol. The Labute approximate surface area is 117 Å². The zero-order valence-electron chi connectivity index (χ0n) is 12.7. The van der Waals surface area contributed by atoms with Crippen LogP contribution in [-0.4, -0.2) is 47.7 Å². The molecule has 0 saturated heterocycles. The molecule has 1 amide bonds. The van der Waals surface area contributed by atoms with Crippen molar-refractivity contribution in [2.24, 2.45) is 0 Å². The number of carbonyl (C=O) groups excluding carboxylic acids is 1. The molecule has 1 saturated carbocycles. The molecule has 1 unspecified atom stereocenters. The topological polar surface area (TPSA) is 52.6 Å². The first-order valence-electron chi connectivity index (χ1n) is 7.69. The summed E-state index contributed by atoms with van der Waals surface area (Å²) in [5, 5.41) is 13.3. The molecule has 0 heterocycles. The van der Waals surface area contributed by atoms with E-state index in [2.05, 4.69) is 12.2 Å². The quantitative estimate of drug-likeness (QED) is 0.663. The van der Waals surface area contributed by atoms with Crippen LogP contribution in [0.15, 0.2) is 0 Å². The van der Waals surface area contributed by atoms with Gasteiger partial charge in [0.2, 0.25) is 5.91 Å². The van der Waals surface area contributed by atoms with E-state index >= 15 is 0 Å². The lowest BCUT2D eigenvalue weighted by Crippen LogP contribution is -2.49. The number of hydrogen-bond donors (Lipinski definition) is 2. The summed E-state index contributed by atoms with van der Waals surface area (Å²) < 4.78 is 0. The van der Waals surface area contributed by atoms with E-state index in [1.165, 1.54) is 6.42 Å². The Kier molecular flexibility index (Phi) is 6.80. The second-order valence-electron chi connectivity index (χ2n) is 6.02.